The van der Waals surface area contributed by atoms with Gasteiger partial charge >= 0.3 is 0 Å². The fraction of sp³-hybridized carbons (Fsp3) is 0.438. The van der Waals surface area contributed by atoms with Gasteiger partial charge < -0.3 is 10.0 Å². The average molecular weight is 288 g/mol. The van der Waals surface area contributed by atoms with Gasteiger partial charge in [-0.05, 0) is 49.9 Å². The van der Waals surface area contributed by atoms with Crippen molar-refractivity contribution in [3.8, 4) is 0 Å². The highest BCUT2D eigenvalue weighted by molar-refractivity contribution is 7.15. The van der Waals surface area contributed by atoms with Gasteiger partial charge in [0.15, 0.2) is 5.13 Å². The van der Waals surface area contributed by atoms with E-state index in [2.05, 4.69) is 36.9 Å². The summed E-state index contributed by atoms with van der Waals surface area (Å²) in [6.45, 7) is 4.33. The molecular weight excluding hydrogens is 268 g/mol. The Bertz CT molecular complexity index is 611. The third-order valence-corrected chi connectivity index (χ3v) is 4.84. The Labute approximate surface area is 123 Å². The molecule has 0 amide bonds. The number of rotatable bonds is 4. The zero-order valence-corrected chi connectivity index (χ0v) is 13.0. The minimum atomic E-state index is 0.101. The maximum absolute atomic E-state index is 9.50. The maximum atomic E-state index is 9.50. The van der Waals surface area contributed by atoms with E-state index < -0.39 is 0 Å². The molecule has 20 heavy (non-hydrogen) atoms. The number of thiazole rings is 1. The summed E-state index contributed by atoms with van der Waals surface area (Å²) in [5.41, 5.74) is 4.79. The van der Waals surface area contributed by atoms with Crippen LogP contribution in [0.4, 0.5) is 10.8 Å². The summed E-state index contributed by atoms with van der Waals surface area (Å²) in [5.74, 6) is 0.579. The van der Waals surface area contributed by atoms with Crippen LogP contribution in [0.5, 0.6) is 0 Å². The average Bonchev–Trinajstić information content (AvgIpc) is 3.16. The molecule has 1 N–H and O–H groups in total. The zero-order chi connectivity index (χ0) is 14.3. The van der Waals surface area contributed by atoms with Gasteiger partial charge in [-0.2, -0.15) is 0 Å². The molecule has 4 heteroatoms. The predicted octanol–water partition coefficient (Wildman–Crippen LogP) is 3.90. The lowest BCUT2D eigenvalue weighted by Gasteiger charge is -2.17. The molecule has 1 aromatic carbocycles. The first-order chi connectivity index (χ1) is 9.58. The van der Waals surface area contributed by atoms with Crippen LogP contribution in [-0.4, -0.2) is 17.1 Å². The summed E-state index contributed by atoms with van der Waals surface area (Å²) in [5, 5.41) is 10.5. The third kappa shape index (κ3) is 2.58. The lowest BCUT2D eigenvalue weighted by Crippen LogP contribution is -2.09. The van der Waals surface area contributed by atoms with E-state index in [9.17, 15) is 5.11 Å². The monoisotopic (exact) mass is 288 g/mol. The molecule has 1 heterocycles. The van der Waals surface area contributed by atoms with Gasteiger partial charge in [-0.1, -0.05) is 17.4 Å². The van der Waals surface area contributed by atoms with Crippen LogP contribution in [0.2, 0.25) is 0 Å². The first-order valence-electron chi connectivity index (χ1n) is 7.01. The molecule has 0 bridgehead atoms. The van der Waals surface area contributed by atoms with Gasteiger partial charge in [0.05, 0.1) is 17.2 Å². The molecule has 0 spiro atoms. The maximum Gasteiger partial charge on any atom is 0.190 e. The van der Waals surface area contributed by atoms with Gasteiger partial charge in [-0.3, -0.25) is 0 Å². The van der Waals surface area contributed by atoms with Crippen molar-refractivity contribution in [2.75, 3.05) is 11.9 Å². The van der Waals surface area contributed by atoms with Crippen molar-refractivity contribution in [2.24, 2.45) is 0 Å². The summed E-state index contributed by atoms with van der Waals surface area (Å²) in [6.07, 6.45) is 2.42. The van der Waals surface area contributed by atoms with E-state index in [1.54, 1.807) is 11.3 Å². The zero-order valence-electron chi connectivity index (χ0n) is 12.2. The normalized spacial score (nSPS) is 14.6. The Kier molecular flexibility index (Phi) is 3.52. The van der Waals surface area contributed by atoms with E-state index in [0.717, 1.165) is 21.4 Å². The number of anilines is 2. The van der Waals surface area contributed by atoms with Crippen LogP contribution >= 0.6 is 11.3 Å². The number of hydrogen-bond acceptors (Lipinski definition) is 4. The van der Waals surface area contributed by atoms with Crippen LogP contribution in [-0.2, 0) is 6.61 Å². The smallest absolute Gasteiger partial charge is 0.190 e. The molecule has 1 aromatic heterocycles. The second-order valence-electron chi connectivity index (χ2n) is 5.64. The Balaban J connectivity index is 1.95. The standard InChI is InChI=1S/C16H20N2OS/c1-10-6-11(2)8-13(7-10)18(3)16-17-15(12-4-5-12)14(9-19)20-16/h6-8,12,19H,4-5,9H2,1-3H3. The Hall–Kier alpha value is -1.39. The van der Waals surface area contributed by atoms with Crippen molar-refractivity contribution in [1.29, 1.82) is 0 Å². The third-order valence-electron chi connectivity index (χ3n) is 3.70. The molecule has 1 aliphatic carbocycles. The number of aryl methyl sites for hydroxylation is 2. The van der Waals surface area contributed by atoms with E-state index in [4.69, 9.17) is 4.98 Å². The number of aliphatic hydroxyl groups excluding tert-OH is 1. The fourth-order valence-electron chi connectivity index (χ4n) is 2.54. The second-order valence-corrected chi connectivity index (χ2v) is 6.70. The SMILES string of the molecule is Cc1cc(C)cc(N(C)c2nc(C3CC3)c(CO)s2)c1. The number of benzene rings is 1. The highest BCUT2D eigenvalue weighted by Crippen LogP contribution is 2.44. The summed E-state index contributed by atoms with van der Waals surface area (Å²) >= 11 is 1.61. The summed E-state index contributed by atoms with van der Waals surface area (Å²) < 4.78 is 0. The van der Waals surface area contributed by atoms with Gasteiger partial charge in [0.1, 0.15) is 0 Å². The van der Waals surface area contributed by atoms with Crippen molar-refractivity contribution < 1.29 is 5.11 Å². The van der Waals surface area contributed by atoms with Gasteiger partial charge in [-0.15, -0.1) is 0 Å². The first kappa shape index (κ1) is 13.6. The molecule has 2 aromatic rings. The molecule has 106 valence electrons. The minimum absolute atomic E-state index is 0.101. The lowest BCUT2D eigenvalue weighted by molar-refractivity contribution is 0.284. The molecule has 1 aliphatic rings. The van der Waals surface area contributed by atoms with Gasteiger partial charge in [-0.25, -0.2) is 4.98 Å². The molecule has 0 radical (unpaired) electrons. The summed E-state index contributed by atoms with van der Waals surface area (Å²) in [6, 6.07) is 6.52. The van der Waals surface area contributed by atoms with E-state index in [1.165, 1.54) is 24.0 Å². The minimum Gasteiger partial charge on any atom is -0.391 e. The van der Waals surface area contributed by atoms with E-state index in [-0.39, 0.29) is 6.61 Å². The van der Waals surface area contributed by atoms with Crippen LogP contribution in [0.1, 0.15) is 40.5 Å². The molecule has 0 aliphatic heterocycles. The van der Waals surface area contributed by atoms with Crippen LogP contribution < -0.4 is 4.90 Å². The summed E-state index contributed by atoms with van der Waals surface area (Å²) in [7, 11) is 2.05. The first-order valence-corrected chi connectivity index (χ1v) is 7.82. The molecule has 0 saturated heterocycles. The molecule has 1 fully saturated rings. The van der Waals surface area contributed by atoms with Crippen molar-refractivity contribution in [2.45, 2.75) is 39.2 Å². The highest BCUT2D eigenvalue weighted by Gasteiger charge is 2.30. The Morgan fingerprint density at radius 2 is 1.90 bits per heavy atom. The van der Waals surface area contributed by atoms with Crippen molar-refractivity contribution in [1.82, 2.24) is 4.98 Å². The van der Waals surface area contributed by atoms with Crippen molar-refractivity contribution in [3.63, 3.8) is 0 Å². The van der Waals surface area contributed by atoms with Crippen LogP contribution in [0, 0.1) is 13.8 Å². The topological polar surface area (TPSA) is 36.4 Å². The largest absolute Gasteiger partial charge is 0.391 e. The molecule has 0 unspecified atom stereocenters. The van der Waals surface area contributed by atoms with Crippen LogP contribution in [0.3, 0.4) is 0 Å². The second kappa shape index (κ2) is 5.19. The van der Waals surface area contributed by atoms with E-state index in [0.29, 0.717) is 5.92 Å². The van der Waals surface area contributed by atoms with Crippen LogP contribution in [0.25, 0.3) is 0 Å². The van der Waals surface area contributed by atoms with Gasteiger partial charge in [0, 0.05) is 18.7 Å². The molecule has 3 nitrogen and oxygen atoms in total. The lowest BCUT2D eigenvalue weighted by atomic mass is 10.1. The number of aliphatic hydroxyl groups is 1. The molecule has 0 atom stereocenters. The number of aromatic nitrogens is 1. The number of nitrogens with zero attached hydrogens (tertiary/aromatic N) is 2. The molecule has 3 rings (SSSR count). The molecule has 1 saturated carbocycles. The summed E-state index contributed by atoms with van der Waals surface area (Å²) in [4.78, 5) is 7.91. The van der Waals surface area contributed by atoms with Gasteiger partial charge in [0.25, 0.3) is 0 Å². The van der Waals surface area contributed by atoms with Crippen molar-refractivity contribution in [3.05, 3.63) is 39.9 Å². The Morgan fingerprint density at radius 3 is 2.45 bits per heavy atom. The molecular formula is C16H20N2OS. The van der Waals surface area contributed by atoms with E-state index >= 15 is 0 Å². The quantitative estimate of drug-likeness (QED) is 0.927. The van der Waals surface area contributed by atoms with Crippen molar-refractivity contribution >= 4 is 22.2 Å². The van der Waals surface area contributed by atoms with Gasteiger partial charge in [0.2, 0.25) is 0 Å². The van der Waals surface area contributed by atoms with Crippen LogP contribution in [0.15, 0.2) is 18.2 Å². The highest BCUT2D eigenvalue weighted by atomic mass is 32.1. The predicted molar refractivity (Wildman–Crippen MR) is 84.0 cm³/mol. The number of hydrogen-bond donors (Lipinski definition) is 1. The fourth-order valence-corrected chi connectivity index (χ4v) is 3.53. The Morgan fingerprint density at radius 1 is 1.25 bits per heavy atom. The van der Waals surface area contributed by atoms with E-state index in [1.807, 2.05) is 7.05 Å².